The maximum atomic E-state index is 12.2. The summed E-state index contributed by atoms with van der Waals surface area (Å²) in [7, 11) is -15.1. The van der Waals surface area contributed by atoms with Crippen molar-refractivity contribution in [3.8, 4) is 0 Å². The first-order valence-electron chi connectivity index (χ1n) is 11.8. The largest absolute Gasteiger partial charge is 0.480 e. The molecular weight excluding hydrogens is 636 g/mol. The fraction of sp³-hybridized carbons (Fsp3) is 0.250. The number of nitrogens with one attached hydrogen (secondary N) is 2. The SMILES string of the molecule is C=C/C=C\C(=C/CNC(=O)COCCOCC(=O)O)CNc1cc(S(=O)(=O)O)cc2cc(S(=O)(=O)O)cc(S(=O)(=O)O)c12. The van der Waals surface area contributed by atoms with Gasteiger partial charge in [-0.3, -0.25) is 18.5 Å². The molecule has 0 bridgehead atoms. The zero-order valence-corrected chi connectivity index (χ0v) is 24.6. The number of benzene rings is 2. The first-order chi connectivity index (χ1) is 19.9. The quantitative estimate of drug-likeness (QED) is 0.0779. The third-order valence-electron chi connectivity index (χ3n) is 5.26. The number of hydrogen-bond donors (Lipinski definition) is 6. The molecule has 0 atom stereocenters. The number of amides is 1. The summed E-state index contributed by atoms with van der Waals surface area (Å²) in [4.78, 5) is 19.7. The molecule has 43 heavy (non-hydrogen) atoms. The van der Waals surface area contributed by atoms with E-state index in [4.69, 9.17) is 14.6 Å². The van der Waals surface area contributed by atoms with Crippen LogP contribution in [0.25, 0.3) is 10.8 Å². The number of rotatable bonds is 17. The summed E-state index contributed by atoms with van der Waals surface area (Å²) in [5, 5.41) is 13.1. The van der Waals surface area contributed by atoms with E-state index < -0.39 is 63.5 Å². The number of allylic oxidation sites excluding steroid dienone is 2. The van der Waals surface area contributed by atoms with Crippen LogP contribution in [0.1, 0.15) is 0 Å². The summed E-state index contributed by atoms with van der Waals surface area (Å²) in [6.07, 6.45) is 6.01. The fourth-order valence-electron chi connectivity index (χ4n) is 3.44. The first kappa shape index (κ1) is 35.5. The van der Waals surface area contributed by atoms with Crippen molar-refractivity contribution in [1.82, 2.24) is 5.32 Å². The highest BCUT2D eigenvalue weighted by Crippen LogP contribution is 2.35. The molecule has 0 saturated heterocycles. The van der Waals surface area contributed by atoms with Crippen molar-refractivity contribution in [1.29, 1.82) is 0 Å². The second kappa shape index (κ2) is 15.2. The molecule has 1 amide bonds. The third kappa shape index (κ3) is 11.5. The molecule has 2 aromatic carbocycles. The van der Waals surface area contributed by atoms with Crippen molar-refractivity contribution in [2.45, 2.75) is 14.7 Å². The Balaban J connectivity index is 2.36. The van der Waals surface area contributed by atoms with Crippen molar-refractivity contribution in [3.05, 3.63) is 60.7 Å². The lowest BCUT2D eigenvalue weighted by atomic mass is 10.1. The lowest BCUT2D eigenvalue weighted by molar-refractivity contribution is -0.143. The molecule has 0 spiro atoms. The van der Waals surface area contributed by atoms with Gasteiger partial charge in [0.2, 0.25) is 5.91 Å². The number of carbonyl (C=O) groups excluding carboxylic acids is 1. The maximum absolute atomic E-state index is 12.2. The molecule has 0 aromatic heterocycles. The lowest BCUT2D eigenvalue weighted by Crippen LogP contribution is -2.28. The standard InChI is InChI=1S/C24H28N2O14S3/c1-2-3-4-16(5-6-25-22(27)14-39-7-8-40-15-23(28)29)13-26-20-11-18(41(30,31)32)9-17-10-19(42(33,34)35)12-21(24(17)20)43(36,37)38/h2-5,9-12,26H,1,6-8,13-15H2,(H,25,27)(H,28,29)(H,30,31,32)(H,33,34,35)(H,36,37,38)/b4-3-,16-5+. The smallest absolute Gasteiger partial charge is 0.329 e. The van der Waals surface area contributed by atoms with Crippen LogP contribution in [-0.2, 0) is 49.4 Å². The van der Waals surface area contributed by atoms with E-state index in [0.29, 0.717) is 11.6 Å². The van der Waals surface area contributed by atoms with Crippen molar-refractivity contribution < 1.29 is 63.1 Å². The minimum atomic E-state index is -5.14. The van der Waals surface area contributed by atoms with E-state index in [1.54, 1.807) is 0 Å². The highest BCUT2D eigenvalue weighted by molar-refractivity contribution is 7.87. The molecule has 2 rings (SSSR count). The highest BCUT2D eigenvalue weighted by Gasteiger charge is 2.24. The Bertz CT molecular complexity index is 1760. The molecule has 16 nitrogen and oxygen atoms in total. The minimum Gasteiger partial charge on any atom is -0.480 e. The van der Waals surface area contributed by atoms with E-state index in [2.05, 4.69) is 17.2 Å². The molecule has 0 saturated carbocycles. The van der Waals surface area contributed by atoms with Crippen LogP contribution in [0.15, 0.2) is 75.4 Å². The molecule has 19 heteroatoms. The number of carbonyl (C=O) groups is 2. The zero-order valence-electron chi connectivity index (χ0n) is 22.2. The van der Waals surface area contributed by atoms with Crippen molar-refractivity contribution in [3.63, 3.8) is 0 Å². The number of carboxylic acid groups (broad SMARTS) is 1. The monoisotopic (exact) mass is 664 g/mol. The summed E-state index contributed by atoms with van der Waals surface area (Å²) in [6, 6.07) is 2.84. The van der Waals surface area contributed by atoms with Gasteiger partial charge in [0.1, 0.15) is 18.1 Å². The van der Waals surface area contributed by atoms with Crippen LogP contribution in [0.5, 0.6) is 0 Å². The molecule has 2 aromatic rings. The summed E-state index contributed by atoms with van der Waals surface area (Å²) in [6.45, 7) is 2.44. The van der Waals surface area contributed by atoms with Crippen LogP contribution in [-0.4, -0.2) is 95.4 Å². The van der Waals surface area contributed by atoms with Gasteiger partial charge in [-0.05, 0) is 35.2 Å². The van der Waals surface area contributed by atoms with E-state index in [1.807, 2.05) is 0 Å². The van der Waals surface area contributed by atoms with Crippen LogP contribution in [0.3, 0.4) is 0 Å². The number of ether oxygens (including phenoxy) is 2. The van der Waals surface area contributed by atoms with Gasteiger partial charge in [0.05, 0.1) is 23.0 Å². The first-order valence-corrected chi connectivity index (χ1v) is 16.2. The topological polar surface area (TPSA) is 260 Å². The molecule has 236 valence electrons. The normalized spacial score (nSPS) is 12.9. The average Bonchev–Trinajstić information content (AvgIpc) is 2.89. The van der Waals surface area contributed by atoms with Gasteiger partial charge in [0.15, 0.2) is 0 Å². The average molecular weight is 665 g/mol. The molecule has 0 fully saturated rings. The van der Waals surface area contributed by atoms with Crippen LogP contribution in [0.4, 0.5) is 5.69 Å². The van der Waals surface area contributed by atoms with Gasteiger partial charge in [0, 0.05) is 24.2 Å². The molecule has 6 N–H and O–H groups in total. The fourth-order valence-corrected chi connectivity index (χ4v) is 5.36. The van der Waals surface area contributed by atoms with Gasteiger partial charge >= 0.3 is 5.97 Å². The number of hydrogen-bond acceptors (Lipinski definition) is 11. The number of fused-ring (bicyclic) bond motifs is 1. The molecule has 0 aliphatic carbocycles. The Morgan fingerprint density at radius 2 is 1.44 bits per heavy atom. The number of aliphatic carboxylic acids is 1. The van der Waals surface area contributed by atoms with Crippen molar-refractivity contribution >= 4 is 58.7 Å². The van der Waals surface area contributed by atoms with Gasteiger partial charge in [0.25, 0.3) is 30.4 Å². The molecule has 0 aliphatic heterocycles. The Morgan fingerprint density at radius 3 is 1.98 bits per heavy atom. The van der Waals surface area contributed by atoms with Crippen LogP contribution >= 0.6 is 0 Å². The van der Waals surface area contributed by atoms with Gasteiger partial charge in [-0.1, -0.05) is 30.9 Å². The molecule has 0 heterocycles. The van der Waals surface area contributed by atoms with Gasteiger partial charge in [-0.15, -0.1) is 0 Å². The summed E-state index contributed by atoms with van der Waals surface area (Å²) >= 11 is 0. The Kier molecular flexibility index (Phi) is 12.5. The van der Waals surface area contributed by atoms with E-state index >= 15 is 0 Å². The zero-order chi connectivity index (χ0) is 32.4. The van der Waals surface area contributed by atoms with Crippen molar-refractivity contribution in [2.24, 2.45) is 0 Å². The third-order valence-corrected chi connectivity index (χ3v) is 7.80. The lowest BCUT2D eigenvalue weighted by Gasteiger charge is -2.16. The van der Waals surface area contributed by atoms with E-state index in [0.717, 1.165) is 18.2 Å². The van der Waals surface area contributed by atoms with Crippen LogP contribution in [0.2, 0.25) is 0 Å². The van der Waals surface area contributed by atoms with Crippen LogP contribution in [0, 0.1) is 0 Å². The van der Waals surface area contributed by atoms with Gasteiger partial charge < -0.3 is 25.2 Å². The Labute approximate surface area is 246 Å². The molecule has 0 unspecified atom stereocenters. The van der Waals surface area contributed by atoms with Gasteiger partial charge in [-0.25, -0.2) is 4.79 Å². The van der Waals surface area contributed by atoms with Crippen LogP contribution < -0.4 is 10.6 Å². The predicted octanol–water partition coefficient (Wildman–Crippen LogP) is 0.894. The predicted molar refractivity (Wildman–Crippen MR) is 152 cm³/mol. The molecular formula is C24H28N2O14S3. The number of anilines is 1. The van der Waals surface area contributed by atoms with E-state index in [9.17, 15) is 48.5 Å². The minimum absolute atomic E-state index is 0.0262. The summed E-state index contributed by atoms with van der Waals surface area (Å²) in [5.74, 6) is -1.67. The second-order valence-corrected chi connectivity index (χ2v) is 12.7. The Hall–Kier alpha value is -3.69. The molecule has 0 aliphatic rings. The summed E-state index contributed by atoms with van der Waals surface area (Å²) in [5.41, 5.74) is 0.177. The molecule has 0 radical (unpaired) electrons. The number of carboxylic acids is 1. The van der Waals surface area contributed by atoms with E-state index in [1.165, 1.54) is 24.3 Å². The van der Waals surface area contributed by atoms with E-state index in [-0.39, 0.29) is 49.4 Å². The summed E-state index contributed by atoms with van der Waals surface area (Å²) < 4.78 is 110. The second-order valence-electron chi connectivity index (χ2n) is 8.45. The van der Waals surface area contributed by atoms with Gasteiger partial charge in [-0.2, -0.15) is 25.3 Å². The maximum Gasteiger partial charge on any atom is 0.329 e. The van der Waals surface area contributed by atoms with Crippen molar-refractivity contribution in [2.75, 3.05) is 44.8 Å². The Morgan fingerprint density at radius 1 is 0.860 bits per heavy atom. The highest BCUT2D eigenvalue weighted by atomic mass is 32.2.